The average Bonchev–Trinajstić information content (AvgIpc) is 2.52. The van der Waals surface area contributed by atoms with E-state index in [-0.39, 0.29) is 5.91 Å². The molecule has 0 saturated carbocycles. The number of nitrogens with zero attached hydrogens (tertiary/aromatic N) is 3. The summed E-state index contributed by atoms with van der Waals surface area (Å²) < 4.78 is 0. The van der Waals surface area contributed by atoms with Crippen LogP contribution < -0.4 is 5.32 Å². The maximum atomic E-state index is 11.9. The van der Waals surface area contributed by atoms with E-state index >= 15 is 0 Å². The van der Waals surface area contributed by atoms with Crippen molar-refractivity contribution in [2.24, 2.45) is 0 Å². The van der Waals surface area contributed by atoms with Crippen LogP contribution in [-0.2, 0) is 11.3 Å². The van der Waals surface area contributed by atoms with Gasteiger partial charge in [-0.2, -0.15) is 0 Å². The molecule has 1 N–H and O–H groups in total. The van der Waals surface area contributed by atoms with Gasteiger partial charge in [-0.3, -0.25) is 9.78 Å². The third-order valence-corrected chi connectivity index (χ3v) is 4.22. The Morgan fingerprint density at radius 1 is 1.48 bits per heavy atom. The van der Waals surface area contributed by atoms with Gasteiger partial charge in [0.2, 0.25) is 5.91 Å². The van der Waals surface area contributed by atoms with Crippen LogP contribution in [0.4, 0.5) is 0 Å². The largest absolute Gasteiger partial charge is 0.352 e. The lowest BCUT2D eigenvalue weighted by atomic mass is 10.0. The number of hydrogen-bond acceptors (Lipinski definition) is 4. The Kier molecular flexibility index (Phi) is 6.14. The number of pyridine rings is 1. The van der Waals surface area contributed by atoms with Crippen LogP contribution in [-0.4, -0.2) is 60.5 Å². The van der Waals surface area contributed by atoms with Crippen LogP contribution in [0.1, 0.15) is 24.8 Å². The molecule has 0 aliphatic carbocycles. The van der Waals surface area contributed by atoms with Crippen molar-refractivity contribution < 1.29 is 4.79 Å². The number of nitrogens with one attached hydrogen (secondary N) is 1. The van der Waals surface area contributed by atoms with Gasteiger partial charge in [-0.15, -0.1) is 0 Å². The van der Waals surface area contributed by atoms with Crippen LogP contribution in [0.3, 0.4) is 0 Å². The van der Waals surface area contributed by atoms with Gasteiger partial charge in [0.1, 0.15) is 0 Å². The molecule has 0 spiro atoms. The SMILES string of the molecule is CN1CCC(N(C)CCC(=O)NCc2cccnc2)CC1. The van der Waals surface area contributed by atoms with Crippen molar-refractivity contribution in [3.63, 3.8) is 0 Å². The summed E-state index contributed by atoms with van der Waals surface area (Å²) in [6.07, 6.45) is 6.48. The second-order valence-corrected chi connectivity index (χ2v) is 5.90. The highest BCUT2D eigenvalue weighted by molar-refractivity contribution is 5.76. The minimum atomic E-state index is 0.110. The highest BCUT2D eigenvalue weighted by Gasteiger charge is 2.20. The smallest absolute Gasteiger partial charge is 0.221 e. The number of likely N-dealkylation sites (tertiary alicyclic amines) is 1. The molecule has 1 saturated heterocycles. The molecular formula is C16H26N4O. The zero-order valence-corrected chi connectivity index (χ0v) is 13.1. The van der Waals surface area contributed by atoms with Gasteiger partial charge in [-0.25, -0.2) is 0 Å². The van der Waals surface area contributed by atoms with Crippen molar-refractivity contribution in [3.05, 3.63) is 30.1 Å². The quantitative estimate of drug-likeness (QED) is 0.853. The molecule has 5 heteroatoms. The van der Waals surface area contributed by atoms with Gasteiger partial charge in [0, 0.05) is 37.9 Å². The molecule has 2 rings (SSSR count). The van der Waals surface area contributed by atoms with Crippen molar-refractivity contribution in [3.8, 4) is 0 Å². The first-order chi connectivity index (χ1) is 10.1. The van der Waals surface area contributed by atoms with Crippen molar-refractivity contribution in [1.82, 2.24) is 20.1 Å². The molecule has 0 atom stereocenters. The molecule has 1 fully saturated rings. The molecular weight excluding hydrogens is 264 g/mol. The Hall–Kier alpha value is -1.46. The van der Waals surface area contributed by atoms with E-state index in [2.05, 4.69) is 34.2 Å². The summed E-state index contributed by atoms with van der Waals surface area (Å²) in [5, 5.41) is 2.95. The van der Waals surface area contributed by atoms with Crippen LogP contribution in [0.25, 0.3) is 0 Å². The molecule has 0 unspecified atom stereocenters. The van der Waals surface area contributed by atoms with E-state index in [9.17, 15) is 4.79 Å². The molecule has 1 amide bonds. The van der Waals surface area contributed by atoms with E-state index < -0.39 is 0 Å². The molecule has 1 aliphatic heterocycles. The zero-order chi connectivity index (χ0) is 15.1. The summed E-state index contributed by atoms with van der Waals surface area (Å²) in [4.78, 5) is 20.6. The van der Waals surface area contributed by atoms with Gasteiger partial charge in [0.25, 0.3) is 0 Å². The van der Waals surface area contributed by atoms with E-state index in [1.54, 1.807) is 12.4 Å². The van der Waals surface area contributed by atoms with E-state index in [1.807, 2.05) is 12.1 Å². The first kappa shape index (κ1) is 15.9. The highest BCUT2D eigenvalue weighted by Crippen LogP contribution is 2.14. The first-order valence-electron chi connectivity index (χ1n) is 7.69. The minimum absolute atomic E-state index is 0.110. The van der Waals surface area contributed by atoms with Gasteiger partial charge >= 0.3 is 0 Å². The normalized spacial score (nSPS) is 17.1. The number of rotatable bonds is 6. The Morgan fingerprint density at radius 2 is 2.24 bits per heavy atom. The summed E-state index contributed by atoms with van der Waals surface area (Å²) in [5.74, 6) is 0.110. The number of piperidine rings is 1. The fourth-order valence-corrected chi connectivity index (χ4v) is 2.69. The van der Waals surface area contributed by atoms with Crippen molar-refractivity contribution >= 4 is 5.91 Å². The van der Waals surface area contributed by atoms with Gasteiger partial charge < -0.3 is 15.1 Å². The van der Waals surface area contributed by atoms with Gasteiger partial charge in [0.15, 0.2) is 0 Å². The van der Waals surface area contributed by atoms with Crippen molar-refractivity contribution in [1.29, 1.82) is 0 Å². The lowest BCUT2D eigenvalue weighted by Gasteiger charge is -2.35. The molecule has 0 aromatic carbocycles. The second-order valence-electron chi connectivity index (χ2n) is 5.90. The molecule has 5 nitrogen and oxygen atoms in total. The predicted molar refractivity (Wildman–Crippen MR) is 83.8 cm³/mol. The maximum Gasteiger partial charge on any atom is 0.221 e. The third kappa shape index (κ3) is 5.44. The van der Waals surface area contributed by atoms with Crippen LogP contribution in [0.15, 0.2) is 24.5 Å². The standard InChI is InChI=1S/C16H26N4O/c1-19-9-5-15(6-10-19)20(2)11-7-16(21)18-13-14-4-3-8-17-12-14/h3-4,8,12,15H,5-7,9-11,13H2,1-2H3,(H,18,21). The lowest BCUT2D eigenvalue weighted by molar-refractivity contribution is -0.121. The molecule has 1 aromatic heterocycles. The number of hydrogen-bond donors (Lipinski definition) is 1. The summed E-state index contributed by atoms with van der Waals surface area (Å²) in [7, 11) is 4.30. The Labute approximate surface area is 127 Å². The number of aromatic nitrogens is 1. The fraction of sp³-hybridized carbons (Fsp3) is 0.625. The summed E-state index contributed by atoms with van der Waals surface area (Å²) in [6.45, 7) is 3.70. The number of carbonyl (C=O) groups is 1. The monoisotopic (exact) mass is 290 g/mol. The molecule has 2 heterocycles. The lowest BCUT2D eigenvalue weighted by Crippen LogP contribution is -2.43. The fourth-order valence-electron chi connectivity index (χ4n) is 2.69. The summed E-state index contributed by atoms with van der Waals surface area (Å²) in [5.41, 5.74) is 1.04. The summed E-state index contributed by atoms with van der Waals surface area (Å²) in [6, 6.07) is 4.47. The molecule has 0 bridgehead atoms. The Morgan fingerprint density at radius 3 is 2.90 bits per heavy atom. The first-order valence-corrected chi connectivity index (χ1v) is 7.69. The molecule has 21 heavy (non-hydrogen) atoms. The summed E-state index contributed by atoms with van der Waals surface area (Å²) >= 11 is 0. The topological polar surface area (TPSA) is 48.5 Å². The van der Waals surface area contributed by atoms with E-state index in [1.165, 1.54) is 12.8 Å². The average molecular weight is 290 g/mol. The number of carbonyl (C=O) groups excluding carboxylic acids is 1. The molecule has 1 aliphatic rings. The van der Waals surface area contributed by atoms with Crippen LogP contribution in [0, 0.1) is 0 Å². The molecule has 0 radical (unpaired) electrons. The third-order valence-electron chi connectivity index (χ3n) is 4.22. The maximum absolute atomic E-state index is 11.9. The zero-order valence-electron chi connectivity index (χ0n) is 13.1. The van der Waals surface area contributed by atoms with E-state index in [0.29, 0.717) is 19.0 Å². The van der Waals surface area contributed by atoms with Gasteiger partial charge in [0.05, 0.1) is 0 Å². The predicted octanol–water partition coefficient (Wildman–Crippen LogP) is 1.11. The van der Waals surface area contributed by atoms with Gasteiger partial charge in [-0.1, -0.05) is 6.07 Å². The van der Waals surface area contributed by atoms with Crippen LogP contribution >= 0.6 is 0 Å². The van der Waals surface area contributed by atoms with Crippen molar-refractivity contribution in [2.45, 2.75) is 31.8 Å². The van der Waals surface area contributed by atoms with Crippen molar-refractivity contribution in [2.75, 3.05) is 33.7 Å². The minimum Gasteiger partial charge on any atom is -0.352 e. The highest BCUT2D eigenvalue weighted by atomic mass is 16.1. The number of amides is 1. The Balaban J connectivity index is 1.64. The van der Waals surface area contributed by atoms with Crippen LogP contribution in [0.2, 0.25) is 0 Å². The molecule has 1 aromatic rings. The second kappa shape index (κ2) is 8.10. The van der Waals surface area contributed by atoms with Gasteiger partial charge in [-0.05, 0) is 51.7 Å². The Bertz CT molecular complexity index is 429. The van der Waals surface area contributed by atoms with Crippen LogP contribution in [0.5, 0.6) is 0 Å². The van der Waals surface area contributed by atoms with E-state index in [4.69, 9.17) is 0 Å². The molecule has 116 valence electrons. The van der Waals surface area contributed by atoms with E-state index in [0.717, 1.165) is 25.2 Å².